The number of nitrogens with two attached hydrogens (primary N) is 1. The van der Waals surface area contributed by atoms with Gasteiger partial charge in [-0.3, -0.25) is 4.79 Å². The molecule has 114 valence electrons. The van der Waals surface area contributed by atoms with Gasteiger partial charge < -0.3 is 4.90 Å². The van der Waals surface area contributed by atoms with Crippen molar-refractivity contribution in [1.82, 2.24) is 4.90 Å². The van der Waals surface area contributed by atoms with Crippen LogP contribution in [0.5, 0.6) is 0 Å². The number of rotatable bonds is 2. The van der Waals surface area contributed by atoms with Crippen LogP contribution in [-0.2, 0) is 10.0 Å². The molecule has 1 aliphatic heterocycles. The molecule has 2 bridgehead atoms. The summed E-state index contributed by atoms with van der Waals surface area (Å²) >= 11 is 0. The number of fused-ring (bicyclic) bond motifs is 2. The first kappa shape index (κ1) is 14.5. The molecule has 1 aliphatic carbocycles. The molecule has 2 unspecified atom stereocenters. The van der Waals surface area contributed by atoms with Crippen LogP contribution in [0.1, 0.15) is 35.2 Å². The predicted molar refractivity (Wildman–Crippen MR) is 74.7 cm³/mol. The van der Waals surface area contributed by atoms with Crippen molar-refractivity contribution in [1.29, 1.82) is 0 Å². The Balaban J connectivity index is 1.99. The van der Waals surface area contributed by atoms with E-state index in [0.717, 1.165) is 25.3 Å². The predicted octanol–water partition coefficient (Wildman–Crippen LogP) is 1.41. The van der Waals surface area contributed by atoms with Crippen molar-refractivity contribution in [2.24, 2.45) is 11.1 Å². The Morgan fingerprint density at radius 2 is 2.10 bits per heavy atom. The van der Waals surface area contributed by atoms with Crippen molar-refractivity contribution in [2.45, 2.75) is 37.1 Å². The summed E-state index contributed by atoms with van der Waals surface area (Å²) < 4.78 is 36.8. The van der Waals surface area contributed by atoms with E-state index in [1.807, 2.05) is 0 Å². The fraction of sp³-hybridized carbons (Fsp3) is 0.500. The summed E-state index contributed by atoms with van der Waals surface area (Å²) in [5, 5.41) is 5.02. The van der Waals surface area contributed by atoms with E-state index in [0.29, 0.717) is 12.5 Å². The Bertz CT molecular complexity index is 717. The minimum atomic E-state index is -4.19. The summed E-state index contributed by atoms with van der Waals surface area (Å²) in [4.78, 5) is 13.7. The lowest BCUT2D eigenvalue weighted by atomic mass is 10.1. The lowest BCUT2D eigenvalue weighted by Gasteiger charge is -2.27. The number of primary sulfonamides is 1. The van der Waals surface area contributed by atoms with Crippen LogP contribution in [0.4, 0.5) is 4.39 Å². The highest BCUT2D eigenvalue weighted by Gasteiger charge is 2.40. The maximum Gasteiger partial charge on any atom is 0.254 e. The van der Waals surface area contributed by atoms with Crippen molar-refractivity contribution >= 4 is 15.9 Å². The second kappa shape index (κ2) is 4.78. The number of carbonyl (C=O) groups is 1. The van der Waals surface area contributed by atoms with Crippen LogP contribution in [0, 0.1) is 18.7 Å². The quantitative estimate of drug-likeness (QED) is 0.896. The SMILES string of the molecule is Cc1cc(C(=O)N2CC3CCC2C3)cc(S(N)(=O)=O)c1F. The third-order valence-electron chi connectivity index (χ3n) is 4.44. The lowest BCUT2D eigenvalue weighted by Crippen LogP contribution is -2.37. The van der Waals surface area contributed by atoms with Gasteiger partial charge in [0.05, 0.1) is 0 Å². The maximum atomic E-state index is 13.9. The first-order valence-corrected chi connectivity index (χ1v) is 8.46. The molecule has 1 aromatic rings. The van der Waals surface area contributed by atoms with E-state index >= 15 is 0 Å². The summed E-state index contributed by atoms with van der Waals surface area (Å²) in [7, 11) is -4.19. The molecular weight excluding hydrogens is 295 g/mol. The second-order valence-electron chi connectivity index (χ2n) is 5.94. The van der Waals surface area contributed by atoms with Gasteiger partial charge in [-0.15, -0.1) is 0 Å². The molecular formula is C14H17FN2O3S. The van der Waals surface area contributed by atoms with E-state index in [1.165, 1.54) is 13.0 Å². The summed E-state index contributed by atoms with van der Waals surface area (Å²) in [6.07, 6.45) is 3.13. The summed E-state index contributed by atoms with van der Waals surface area (Å²) in [5.74, 6) is -0.592. The fourth-order valence-electron chi connectivity index (χ4n) is 3.41. The van der Waals surface area contributed by atoms with Gasteiger partial charge in [0.2, 0.25) is 10.0 Å². The molecule has 2 fully saturated rings. The van der Waals surface area contributed by atoms with Crippen molar-refractivity contribution in [3.05, 3.63) is 29.1 Å². The minimum absolute atomic E-state index is 0.106. The van der Waals surface area contributed by atoms with Crippen LogP contribution in [-0.4, -0.2) is 31.8 Å². The average molecular weight is 312 g/mol. The molecule has 0 spiro atoms. The highest BCUT2D eigenvalue weighted by atomic mass is 32.2. The first-order chi connectivity index (χ1) is 9.77. The van der Waals surface area contributed by atoms with Gasteiger partial charge in [0.15, 0.2) is 0 Å². The zero-order valence-corrected chi connectivity index (χ0v) is 12.5. The highest BCUT2D eigenvalue weighted by Crippen LogP contribution is 2.38. The van der Waals surface area contributed by atoms with Gasteiger partial charge >= 0.3 is 0 Å². The maximum absolute atomic E-state index is 13.9. The van der Waals surface area contributed by atoms with Crippen molar-refractivity contribution in [3.63, 3.8) is 0 Å². The van der Waals surface area contributed by atoms with Gasteiger partial charge in [0.1, 0.15) is 10.7 Å². The zero-order chi connectivity index (χ0) is 15.4. The Morgan fingerprint density at radius 1 is 1.38 bits per heavy atom. The van der Waals surface area contributed by atoms with Crippen molar-refractivity contribution in [2.75, 3.05) is 6.54 Å². The standard InChI is InChI=1S/C14H17FN2O3S/c1-8-4-10(6-12(13(8)15)21(16,19)20)14(18)17-7-9-2-3-11(17)5-9/h4,6,9,11H,2-3,5,7H2,1H3,(H2,16,19,20). The molecule has 0 aromatic heterocycles. The summed E-state index contributed by atoms with van der Waals surface area (Å²) in [5.41, 5.74) is 0.291. The highest BCUT2D eigenvalue weighted by molar-refractivity contribution is 7.89. The van der Waals surface area contributed by atoms with Crippen LogP contribution in [0.25, 0.3) is 0 Å². The van der Waals surface area contributed by atoms with Gasteiger partial charge in [-0.1, -0.05) is 0 Å². The Hall–Kier alpha value is -1.47. The molecule has 1 aromatic carbocycles. The minimum Gasteiger partial charge on any atom is -0.335 e. The van der Waals surface area contributed by atoms with Crippen LogP contribution in [0.15, 0.2) is 17.0 Å². The molecule has 1 heterocycles. The van der Waals surface area contributed by atoms with Crippen LogP contribution in [0.2, 0.25) is 0 Å². The molecule has 7 heteroatoms. The van der Waals surface area contributed by atoms with E-state index in [-0.39, 0.29) is 23.1 Å². The van der Waals surface area contributed by atoms with Gasteiger partial charge in [-0.25, -0.2) is 17.9 Å². The molecule has 0 radical (unpaired) electrons. The Labute approximate surface area is 123 Å². The molecule has 2 atom stereocenters. The monoisotopic (exact) mass is 312 g/mol. The zero-order valence-electron chi connectivity index (χ0n) is 11.7. The average Bonchev–Trinajstić information content (AvgIpc) is 3.01. The number of carbonyl (C=O) groups excluding carboxylic acids is 1. The summed E-state index contributed by atoms with van der Waals surface area (Å²) in [6.45, 7) is 2.13. The first-order valence-electron chi connectivity index (χ1n) is 6.91. The Kier molecular flexibility index (Phi) is 3.29. The third kappa shape index (κ3) is 2.44. The van der Waals surface area contributed by atoms with Gasteiger partial charge in [0, 0.05) is 18.2 Å². The topological polar surface area (TPSA) is 80.5 Å². The van der Waals surface area contributed by atoms with Crippen LogP contribution in [0.3, 0.4) is 0 Å². The molecule has 2 N–H and O–H groups in total. The second-order valence-corrected chi connectivity index (χ2v) is 7.47. The number of piperidine rings is 1. The lowest BCUT2D eigenvalue weighted by molar-refractivity contribution is 0.0703. The van der Waals surface area contributed by atoms with E-state index in [2.05, 4.69) is 0 Å². The largest absolute Gasteiger partial charge is 0.335 e. The number of sulfonamides is 1. The molecule has 3 rings (SSSR count). The van der Waals surface area contributed by atoms with Crippen molar-refractivity contribution < 1.29 is 17.6 Å². The van der Waals surface area contributed by atoms with E-state index in [9.17, 15) is 17.6 Å². The number of nitrogens with zero attached hydrogens (tertiary/aromatic N) is 1. The molecule has 1 amide bonds. The van der Waals surface area contributed by atoms with E-state index < -0.39 is 20.7 Å². The number of hydrogen-bond acceptors (Lipinski definition) is 3. The molecule has 2 aliphatic rings. The van der Waals surface area contributed by atoms with Crippen molar-refractivity contribution in [3.8, 4) is 0 Å². The number of aryl methyl sites for hydroxylation is 1. The molecule has 21 heavy (non-hydrogen) atoms. The van der Waals surface area contributed by atoms with Gasteiger partial charge in [0.25, 0.3) is 5.91 Å². The number of halogens is 1. The number of amides is 1. The number of benzene rings is 1. The number of likely N-dealkylation sites (tertiary alicyclic amines) is 1. The van der Waals surface area contributed by atoms with E-state index in [4.69, 9.17) is 5.14 Å². The van der Waals surface area contributed by atoms with E-state index in [1.54, 1.807) is 4.90 Å². The molecule has 1 saturated carbocycles. The van der Waals surface area contributed by atoms with Crippen LogP contribution < -0.4 is 5.14 Å². The fourth-order valence-corrected chi connectivity index (χ4v) is 4.11. The van der Waals surface area contributed by atoms with Gasteiger partial charge in [-0.2, -0.15) is 0 Å². The van der Waals surface area contributed by atoms with Gasteiger partial charge in [-0.05, 0) is 49.8 Å². The third-order valence-corrected chi connectivity index (χ3v) is 5.35. The van der Waals surface area contributed by atoms with Crippen LogP contribution >= 0.6 is 0 Å². The molecule has 1 saturated heterocycles. The Morgan fingerprint density at radius 3 is 2.62 bits per heavy atom. The normalized spacial score (nSPS) is 24.6. The number of hydrogen-bond donors (Lipinski definition) is 1. The summed E-state index contributed by atoms with van der Waals surface area (Å²) in [6, 6.07) is 2.66. The molecule has 5 nitrogen and oxygen atoms in total. The smallest absolute Gasteiger partial charge is 0.254 e.